The molecule has 3 N–H and O–H groups in total. The van der Waals surface area contributed by atoms with E-state index in [1.165, 1.54) is 0 Å². The molecule has 1 aromatic carbocycles. The van der Waals surface area contributed by atoms with Gasteiger partial charge in [-0.15, -0.1) is 0 Å². The Hall–Kier alpha value is -1.01. The van der Waals surface area contributed by atoms with Crippen molar-refractivity contribution in [3.05, 3.63) is 27.7 Å². The van der Waals surface area contributed by atoms with Crippen molar-refractivity contribution < 1.29 is 9.90 Å². The molecule has 1 spiro atoms. The predicted octanol–water partition coefficient (Wildman–Crippen LogP) is 1.47. The highest BCUT2D eigenvalue weighted by Crippen LogP contribution is 2.46. The van der Waals surface area contributed by atoms with Crippen molar-refractivity contribution in [1.82, 2.24) is 10.2 Å². The molecule has 0 radical (unpaired) electrons. The number of halogens is 2. The zero-order valence-corrected chi connectivity index (χ0v) is 14.1. The number of β-amino-alcohol motifs (C(OH)–C–C–N with tert-alkyl or cyclic N) is 1. The molecule has 1 aromatic rings. The predicted molar refractivity (Wildman–Crippen MR) is 90.2 cm³/mol. The Bertz CT molecular complexity index is 669. The number of anilines is 1. The Morgan fingerprint density at radius 1 is 1.30 bits per heavy atom. The fourth-order valence-corrected chi connectivity index (χ4v) is 4.39. The molecule has 5 nitrogen and oxygen atoms in total. The second kappa shape index (κ2) is 5.52. The van der Waals surface area contributed by atoms with E-state index in [9.17, 15) is 9.90 Å². The smallest absolute Gasteiger partial charge is 0.229 e. The van der Waals surface area contributed by atoms with E-state index in [2.05, 4.69) is 10.6 Å². The lowest BCUT2D eigenvalue weighted by Gasteiger charge is -2.26. The molecule has 7 heteroatoms. The van der Waals surface area contributed by atoms with Crippen molar-refractivity contribution in [1.29, 1.82) is 0 Å². The zero-order valence-electron chi connectivity index (χ0n) is 12.6. The number of hydrogen-bond acceptors (Lipinski definition) is 4. The standard InChI is InChI=1S/C16H19Cl2N3O2/c17-11-3-10-13(4-12(11)18)20-7-16(10)1-2-21(8-16)15(23)9-5-19-6-14(9)22/h3-4,9,14,19-20,22H,1-2,5-8H2/t9?,14?,16-/m0/s1. The minimum Gasteiger partial charge on any atom is -0.391 e. The highest BCUT2D eigenvalue weighted by Gasteiger charge is 2.47. The number of nitrogens with one attached hydrogen (secondary N) is 2. The Morgan fingerprint density at radius 2 is 2.09 bits per heavy atom. The van der Waals surface area contributed by atoms with Gasteiger partial charge >= 0.3 is 0 Å². The molecule has 1 amide bonds. The van der Waals surface area contributed by atoms with Gasteiger partial charge in [0.05, 0.1) is 22.1 Å². The van der Waals surface area contributed by atoms with Crippen molar-refractivity contribution in [2.75, 3.05) is 38.0 Å². The maximum absolute atomic E-state index is 12.7. The number of carbonyl (C=O) groups is 1. The van der Waals surface area contributed by atoms with Crippen molar-refractivity contribution in [2.24, 2.45) is 5.92 Å². The first-order valence-corrected chi connectivity index (χ1v) is 8.67. The molecular formula is C16H19Cl2N3O2. The number of benzene rings is 1. The Balaban J connectivity index is 1.58. The summed E-state index contributed by atoms with van der Waals surface area (Å²) in [6.07, 6.45) is 0.314. The summed E-state index contributed by atoms with van der Waals surface area (Å²) >= 11 is 12.3. The molecule has 3 aliphatic rings. The van der Waals surface area contributed by atoms with Crippen LogP contribution in [0.1, 0.15) is 12.0 Å². The van der Waals surface area contributed by atoms with Crippen LogP contribution in [0.2, 0.25) is 10.0 Å². The number of likely N-dealkylation sites (tertiary alicyclic amines) is 1. The van der Waals surface area contributed by atoms with E-state index in [0.29, 0.717) is 36.2 Å². The number of rotatable bonds is 1. The van der Waals surface area contributed by atoms with Crippen molar-refractivity contribution >= 4 is 34.8 Å². The topological polar surface area (TPSA) is 64.6 Å². The van der Waals surface area contributed by atoms with Crippen LogP contribution in [0.5, 0.6) is 0 Å². The molecular weight excluding hydrogens is 337 g/mol. The Morgan fingerprint density at radius 3 is 2.83 bits per heavy atom. The van der Waals surface area contributed by atoms with Crippen LogP contribution in [0.4, 0.5) is 5.69 Å². The third-order valence-electron chi connectivity index (χ3n) is 5.41. The summed E-state index contributed by atoms with van der Waals surface area (Å²) in [4.78, 5) is 14.6. The van der Waals surface area contributed by atoms with Gasteiger partial charge in [0.15, 0.2) is 0 Å². The molecule has 0 aromatic heterocycles. The molecule has 2 unspecified atom stereocenters. The first-order chi connectivity index (χ1) is 11.0. The molecule has 3 aliphatic heterocycles. The number of carbonyl (C=O) groups excluding carboxylic acids is 1. The molecule has 3 atom stereocenters. The molecule has 2 saturated heterocycles. The minimum absolute atomic E-state index is 0.0490. The third kappa shape index (κ3) is 2.41. The van der Waals surface area contributed by atoms with Gasteiger partial charge in [0, 0.05) is 43.8 Å². The highest BCUT2D eigenvalue weighted by atomic mass is 35.5. The summed E-state index contributed by atoms with van der Waals surface area (Å²) in [5.74, 6) is -0.277. The van der Waals surface area contributed by atoms with Crippen LogP contribution in [-0.4, -0.2) is 54.7 Å². The van der Waals surface area contributed by atoms with E-state index in [1.54, 1.807) is 0 Å². The quantitative estimate of drug-likeness (QED) is 0.713. The van der Waals surface area contributed by atoms with E-state index in [1.807, 2.05) is 17.0 Å². The third-order valence-corrected chi connectivity index (χ3v) is 6.14. The lowest BCUT2D eigenvalue weighted by Crippen LogP contribution is -2.42. The average Bonchev–Trinajstić information content (AvgIpc) is 3.22. The summed E-state index contributed by atoms with van der Waals surface area (Å²) in [7, 11) is 0. The van der Waals surface area contributed by atoms with Gasteiger partial charge < -0.3 is 20.6 Å². The van der Waals surface area contributed by atoms with Crippen LogP contribution < -0.4 is 10.6 Å². The minimum atomic E-state index is -0.582. The molecule has 3 heterocycles. The first kappa shape index (κ1) is 15.5. The molecule has 124 valence electrons. The number of aliphatic hydroxyl groups excluding tert-OH is 1. The van der Waals surface area contributed by atoms with Crippen molar-refractivity contribution in [2.45, 2.75) is 17.9 Å². The highest BCUT2D eigenvalue weighted by molar-refractivity contribution is 6.42. The average molecular weight is 356 g/mol. The van der Waals surface area contributed by atoms with Gasteiger partial charge in [0.1, 0.15) is 0 Å². The van der Waals surface area contributed by atoms with Crippen LogP contribution in [0.25, 0.3) is 0 Å². The Labute approximate surface area is 144 Å². The number of fused-ring (bicyclic) bond motifs is 2. The number of amides is 1. The normalized spacial score (nSPS) is 32.4. The van der Waals surface area contributed by atoms with Gasteiger partial charge in [-0.3, -0.25) is 4.79 Å². The fraction of sp³-hybridized carbons (Fsp3) is 0.562. The largest absolute Gasteiger partial charge is 0.391 e. The lowest BCUT2D eigenvalue weighted by molar-refractivity contribution is -0.136. The Kier molecular flexibility index (Phi) is 3.72. The van der Waals surface area contributed by atoms with Crippen molar-refractivity contribution in [3.63, 3.8) is 0 Å². The van der Waals surface area contributed by atoms with Gasteiger partial charge in [-0.2, -0.15) is 0 Å². The molecule has 4 rings (SSSR count). The summed E-state index contributed by atoms with van der Waals surface area (Å²) in [5.41, 5.74) is 2.06. The summed E-state index contributed by atoms with van der Waals surface area (Å²) < 4.78 is 0. The maximum atomic E-state index is 12.7. The molecule has 0 saturated carbocycles. The summed E-state index contributed by atoms with van der Waals surface area (Å²) in [6.45, 7) is 3.21. The SMILES string of the molecule is O=C(C1CNCC1O)N1CC[C@]2(CNc3cc(Cl)c(Cl)cc32)C1. The van der Waals surface area contributed by atoms with E-state index in [0.717, 1.165) is 24.2 Å². The number of hydrogen-bond donors (Lipinski definition) is 3. The summed E-state index contributed by atoms with van der Waals surface area (Å²) in [5, 5.41) is 17.5. The van der Waals surface area contributed by atoms with Crippen molar-refractivity contribution in [3.8, 4) is 0 Å². The van der Waals surface area contributed by atoms with E-state index in [-0.39, 0.29) is 17.2 Å². The zero-order chi connectivity index (χ0) is 16.2. The summed E-state index contributed by atoms with van der Waals surface area (Å²) in [6, 6.07) is 3.79. The van der Waals surface area contributed by atoms with Gasteiger partial charge in [0.25, 0.3) is 0 Å². The molecule has 0 bridgehead atoms. The monoisotopic (exact) mass is 355 g/mol. The number of nitrogens with zero attached hydrogens (tertiary/aromatic N) is 1. The van der Waals surface area contributed by atoms with Gasteiger partial charge in [-0.25, -0.2) is 0 Å². The lowest BCUT2D eigenvalue weighted by atomic mass is 9.81. The van der Waals surface area contributed by atoms with Crippen LogP contribution in [0.3, 0.4) is 0 Å². The maximum Gasteiger partial charge on any atom is 0.229 e. The van der Waals surface area contributed by atoms with E-state index < -0.39 is 6.10 Å². The van der Waals surface area contributed by atoms with Gasteiger partial charge in [-0.05, 0) is 24.1 Å². The fourth-order valence-electron chi connectivity index (χ4n) is 4.07. The second-order valence-electron chi connectivity index (χ2n) is 6.79. The van der Waals surface area contributed by atoms with Gasteiger partial charge in [0.2, 0.25) is 5.91 Å². The van der Waals surface area contributed by atoms with Gasteiger partial charge in [-0.1, -0.05) is 23.2 Å². The van der Waals surface area contributed by atoms with E-state index >= 15 is 0 Å². The molecule has 2 fully saturated rings. The second-order valence-corrected chi connectivity index (χ2v) is 7.60. The molecule has 0 aliphatic carbocycles. The van der Waals surface area contributed by atoms with E-state index in [4.69, 9.17) is 23.2 Å². The van der Waals surface area contributed by atoms with Crippen LogP contribution >= 0.6 is 23.2 Å². The molecule has 23 heavy (non-hydrogen) atoms. The van der Waals surface area contributed by atoms with Crippen LogP contribution in [0.15, 0.2) is 12.1 Å². The number of aliphatic hydroxyl groups is 1. The van der Waals surface area contributed by atoms with Crippen LogP contribution in [-0.2, 0) is 10.2 Å². The first-order valence-electron chi connectivity index (χ1n) is 7.91. The van der Waals surface area contributed by atoms with Crippen LogP contribution in [0, 0.1) is 5.92 Å².